The lowest BCUT2D eigenvalue weighted by molar-refractivity contribution is 0.235. The minimum atomic E-state index is -0.170. The van der Waals surface area contributed by atoms with Crippen LogP contribution < -0.4 is 10.6 Å². The molecule has 140 valence electrons. The van der Waals surface area contributed by atoms with Crippen molar-refractivity contribution in [3.63, 3.8) is 0 Å². The van der Waals surface area contributed by atoms with Gasteiger partial charge in [0, 0.05) is 30.4 Å². The predicted octanol–water partition coefficient (Wildman–Crippen LogP) is 4.38. The molecule has 27 heavy (non-hydrogen) atoms. The summed E-state index contributed by atoms with van der Waals surface area (Å²) in [6.45, 7) is 7.29. The number of hydrogen-bond acceptors (Lipinski definition) is 2. The van der Waals surface area contributed by atoms with Crippen LogP contribution in [0.4, 0.5) is 4.79 Å². The molecule has 5 heteroatoms. The van der Waals surface area contributed by atoms with E-state index in [0.29, 0.717) is 13.1 Å². The van der Waals surface area contributed by atoms with Gasteiger partial charge >= 0.3 is 6.03 Å². The molecule has 0 radical (unpaired) electrons. The second kappa shape index (κ2) is 8.08. The molecule has 3 rings (SSSR count). The van der Waals surface area contributed by atoms with E-state index in [1.807, 2.05) is 71.5 Å². The van der Waals surface area contributed by atoms with Crippen LogP contribution in [0, 0.1) is 5.41 Å². The van der Waals surface area contributed by atoms with Gasteiger partial charge in [-0.25, -0.2) is 9.48 Å². The maximum atomic E-state index is 12.1. The van der Waals surface area contributed by atoms with Crippen molar-refractivity contribution >= 4 is 6.03 Å². The molecule has 0 aliphatic heterocycles. The molecule has 1 aromatic heterocycles. The zero-order chi connectivity index (χ0) is 19.3. The summed E-state index contributed by atoms with van der Waals surface area (Å²) in [6.07, 6.45) is 1.97. The van der Waals surface area contributed by atoms with E-state index in [1.165, 1.54) is 0 Å². The normalized spacial score (nSPS) is 11.2. The van der Waals surface area contributed by atoms with Gasteiger partial charge in [0.25, 0.3) is 0 Å². The predicted molar refractivity (Wildman–Crippen MR) is 109 cm³/mol. The van der Waals surface area contributed by atoms with Crippen LogP contribution in [-0.4, -0.2) is 22.4 Å². The number of aromatic nitrogens is 2. The van der Waals surface area contributed by atoms with Crippen LogP contribution in [0.25, 0.3) is 16.9 Å². The highest BCUT2D eigenvalue weighted by Gasteiger charge is 2.15. The van der Waals surface area contributed by atoms with Crippen molar-refractivity contribution in [2.24, 2.45) is 5.41 Å². The third kappa shape index (κ3) is 5.20. The Morgan fingerprint density at radius 3 is 2.22 bits per heavy atom. The number of para-hydroxylation sites is 1. The van der Waals surface area contributed by atoms with Crippen LogP contribution in [-0.2, 0) is 6.54 Å². The summed E-state index contributed by atoms with van der Waals surface area (Å²) in [5.41, 5.74) is 3.90. The van der Waals surface area contributed by atoms with Gasteiger partial charge in [-0.15, -0.1) is 0 Å². The Morgan fingerprint density at radius 1 is 0.963 bits per heavy atom. The molecule has 0 aliphatic rings. The van der Waals surface area contributed by atoms with Crippen molar-refractivity contribution < 1.29 is 4.79 Å². The number of benzene rings is 2. The Hall–Kier alpha value is -3.08. The highest BCUT2D eigenvalue weighted by atomic mass is 16.2. The average Bonchev–Trinajstić information content (AvgIpc) is 3.10. The number of urea groups is 1. The van der Waals surface area contributed by atoms with Crippen molar-refractivity contribution in [2.75, 3.05) is 6.54 Å². The molecule has 0 atom stereocenters. The van der Waals surface area contributed by atoms with Crippen molar-refractivity contribution in [1.29, 1.82) is 0 Å². The summed E-state index contributed by atoms with van der Waals surface area (Å²) in [5, 5.41) is 10.6. The van der Waals surface area contributed by atoms with Crippen LogP contribution in [0.3, 0.4) is 0 Å². The molecule has 0 saturated heterocycles. The van der Waals surface area contributed by atoms with Crippen molar-refractivity contribution in [3.05, 3.63) is 72.4 Å². The third-order valence-electron chi connectivity index (χ3n) is 4.08. The van der Waals surface area contributed by atoms with E-state index < -0.39 is 0 Å². The monoisotopic (exact) mass is 362 g/mol. The molecular weight excluding hydrogens is 336 g/mol. The number of amides is 2. The first kappa shape index (κ1) is 18.7. The van der Waals surface area contributed by atoms with Gasteiger partial charge in [0.1, 0.15) is 0 Å². The molecule has 3 aromatic rings. The molecule has 5 nitrogen and oxygen atoms in total. The summed E-state index contributed by atoms with van der Waals surface area (Å²) in [4.78, 5) is 12.1. The van der Waals surface area contributed by atoms with Gasteiger partial charge in [-0.3, -0.25) is 0 Å². The SMILES string of the molecule is CC(C)(C)CNC(=O)NCc1cn(-c2ccccc2)nc1-c1ccccc1. The molecule has 0 spiro atoms. The Balaban J connectivity index is 1.81. The van der Waals surface area contributed by atoms with E-state index in [4.69, 9.17) is 5.10 Å². The maximum Gasteiger partial charge on any atom is 0.315 e. The largest absolute Gasteiger partial charge is 0.338 e. The lowest BCUT2D eigenvalue weighted by Crippen LogP contribution is -2.39. The van der Waals surface area contributed by atoms with Crippen LogP contribution in [0.2, 0.25) is 0 Å². The fourth-order valence-corrected chi connectivity index (χ4v) is 2.67. The van der Waals surface area contributed by atoms with E-state index in [-0.39, 0.29) is 11.4 Å². The lowest BCUT2D eigenvalue weighted by atomic mass is 9.97. The average molecular weight is 362 g/mol. The molecule has 0 saturated carbocycles. The minimum absolute atomic E-state index is 0.0464. The molecule has 2 amide bonds. The molecule has 0 fully saturated rings. The Labute approximate surface area is 160 Å². The number of nitrogens with one attached hydrogen (secondary N) is 2. The first-order valence-electron chi connectivity index (χ1n) is 9.13. The first-order valence-corrected chi connectivity index (χ1v) is 9.13. The van der Waals surface area contributed by atoms with Crippen molar-refractivity contribution in [3.8, 4) is 16.9 Å². The van der Waals surface area contributed by atoms with Crippen LogP contribution in [0.1, 0.15) is 26.3 Å². The second-order valence-electron chi connectivity index (χ2n) is 7.75. The van der Waals surface area contributed by atoms with Crippen molar-refractivity contribution in [2.45, 2.75) is 27.3 Å². The number of nitrogens with zero attached hydrogens (tertiary/aromatic N) is 2. The smallest absolute Gasteiger partial charge is 0.315 e. The van der Waals surface area contributed by atoms with E-state index in [0.717, 1.165) is 22.5 Å². The van der Waals surface area contributed by atoms with Gasteiger partial charge in [0.2, 0.25) is 0 Å². The Kier molecular flexibility index (Phi) is 5.60. The molecule has 2 aromatic carbocycles. The van der Waals surface area contributed by atoms with Gasteiger partial charge in [0.15, 0.2) is 0 Å². The molecule has 2 N–H and O–H groups in total. The summed E-state index contributed by atoms with van der Waals surface area (Å²) in [5.74, 6) is 0. The molecule has 0 aliphatic carbocycles. The third-order valence-corrected chi connectivity index (χ3v) is 4.08. The number of carbonyl (C=O) groups is 1. The highest BCUT2D eigenvalue weighted by Crippen LogP contribution is 2.23. The number of rotatable bonds is 5. The Bertz CT molecular complexity index is 880. The van der Waals surface area contributed by atoms with Crippen LogP contribution in [0.5, 0.6) is 0 Å². The van der Waals surface area contributed by atoms with E-state index in [1.54, 1.807) is 0 Å². The zero-order valence-corrected chi connectivity index (χ0v) is 16.1. The maximum absolute atomic E-state index is 12.1. The van der Waals surface area contributed by atoms with Crippen LogP contribution in [0.15, 0.2) is 66.9 Å². The van der Waals surface area contributed by atoms with E-state index in [2.05, 4.69) is 31.4 Å². The lowest BCUT2D eigenvalue weighted by Gasteiger charge is -2.18. The van der Waals surface area contributed by atoms with Gasteiger partial charge in [-0.1, -0.05) is 69.3 Å². The number of hydrogen-bond donors (Lipinski definition) is 2. The topological polar surface area (TPSA) is 59.0 Å². The fraction of sp³-hybridized carbons (Fsp3) is 0.273. The van der Waals surface area contributed by atoms with Gasteiger partial charge in [-0.2, -0.15) is 5.10 Å². The quantitative estimate of drug-likeness (QED) is 0.707. The fourth-order valence-electron chi connectivity index (χ4n) is 2.67. The minimum Gasteiger partial charge on any atom is -0.338 e. The van der Waals surface area contributed by atoms with Gasteiger partial charge in [-0.05, 0) is 17.5 Å². The second-order valence-corrected chi connectivity index (χ2v) is 7.75. The molecular formula is C22H26N4O. The van der Waals surface area contributed by atoms with E-state index in [9.17, 15) is 4.79 Å². The van der Waals surface area contributed by atoms with Crippen molar-refractivity contribution in [1.82, 2.24) is 20.4 Å². The number of carbonyl (C=O) groups excluding carboxylic acids is 1. The van der Waals surface area contributed by atoms with Crippen LogP contribution >= 0.6 is 0 Å². The highest BCUT2D eigenvalue weighted by molar-refractivity contribution is 5.74. The van der Waals surface area contributed by atoms with Gasteiger partial charge in [0.05, 0.1) is 11.4 Å². The van der Waals surface area contributed by atoms with Gasteiger partial charge < -0.3 is 10.6 Å². The standard InChI is InChI=1S/C22H26N4O/c1-22(2,3)16-24-21(27)23-14-18-15-26(19-12-8-5-9-13-19)25-20(18)17-10-6-4-7-11-17/h4-13,15H,14,16H2,1-3H3,(H2,23,24,27). The summed E-state index contributed by atoms with van der Waals surface area (Å²) >= 11 is 0. The Morgan fingerprint density at radius 2 is 1.59 bits per heavy atom. The summed E-state index contributed by atoms with van der Waals surface area (Å²) in [7, 11) is 0. The zero-order valence-electron chi connectivity index (χ0n) is 16.1. The molecule has 0 unspecified atom stereocenters. The summed E-state index contributed by atoms with van der Waals surface area (Å²) in [6, 6.07) is 19.8. The molecule has 1 heterocycles. The first-order chi connectivity index (χ1) is 12.9. The molecule has 0 bridgehead atoms. The summed E-state index contributed by atoms with van der Waals surface area (Å²) < 4.78 is 1.85. The van der Waals surface area contributed by atoms with E-state index >= 15 is 0 Å².